The zero-order valence-electron chi connectivity index (χ0n) is 17.7. The van der Waals surface area contributed by atoms with Gasteiger partial charge in [0.2, 0.25) is 0 Å². The van der Waals surface area contributed by atoms with Gasteiger partial charge in [0.05, 0.1) is 28.8 Å². The smallest absolute Gasteiger partial charge is 0.267 e. The highest BCUT2D eigenvalue weighted by molar-refractivity contribution is 5.65. The van der Waals surface area contributed by atoms with E-state index in [0.717, 1.165) is 37.7 Å². The third-order valence-electron chi connectivity index (χ3n) is 6.64. The number of imidazole rings is 2. The number of aromatic nitrogens is 5. The third-order valence-corrected chi connectivity index (χ3v) is 6.64. The van der Waals surface area contributed by atoms with E-state index < -0.39 is 12.2 Å². The Morgan fingerprint density at radius 2 is 1.75 bits per heavy atom. The van der Waals surface area contributed by atoms with Crippen molar-refractivity contribution in [2.45, 2.75) is 51.0 Å². The molecule has 32 heavy (non-hydrogen) atoms. The van der Waals surface area contributed by atoms with Crippen LogP contribution in [0.5, 0.6) is 0 Å². The van der Waals surface area contributed by atoms with Crippen LogP contribution in [-0.4, -0.2) is 48.0 Å². The second-order valence-electron chi connectivity index (χ2n) is 8.95. The predicted octanol–water partition coefficient (Wildman–Crippen LogP) is 4.77. The van der Waals surface area contributed by atoms with E-state index in [1.54, 1.807) is 23.7 Å². The lowest BCUT2D eigenvalue weighted by molar-refractivity contribution is 0.152. The molecule has 0 aromatic carbocycles. The Hall–Kier alpha value is -2.94. The molecule has 0 spiro atoms. The largest absolute Gasteiger partial charge is 0.304 e. The minimum absolute atomic E-state index is 0.116. The highest BCUT2D eigenvalue weighted by Crippen LogP contribution is 2.35. The van der Waals surface area contributed by atoms with Crippen LogP contribution in [0.15, 0.2) is 30.7 Å². The standard InChI is InChI=1S/C23H23F3N6/c1-13-10-32-22(27-13)17(21(25)26)9-19(29-32)15-8-18(24)23-28-20(12-31(23)11-15)14-4-6-30(7-5-14)16-2-3-16/h8-12,14,16,21H,2-7H2,1H3. The van der Waals surface area contributed by atoms with Crippen molar-refractivity contribution in [2.24, 2.45) is 0 Å². The van der Waals surface area contributed by atoms with Gasteiger partial charge in [-0.2, -0.15) is 5.10 Å². The predicted molar refractivity (Wildman–Crippen MR) is 113 cm³/mol. The second-order valence-corrected chi connectivity index (χ2v) is 8.95. The number of aryl methyl sites for hydroxylation is 1. The van der Waals surface area contributed by atoms with Crippen LogP contribution >= 0.6 is 0 Å². The summed E-state index contributed by atoms with van der Waals surface area (Å²) in [5.74, 6) is -0.187. The molecule has 4 aromatic rings. The molecule has 0 bridgehead atoms. The first kappa shape index (κ1) is 19.7. The SMILES string of the molecule is Cc1cn2nc(-c3cc(F)c4nc(C5CCN(C6CC6)CC5)cn4c3)cc(C(F)F)c2n1. The lowest BCUT2D eigenvalue weighted by Crippen LogP contribution is -2.34. The molecule has 166 valence electrons. The van der Waals surface area contributed by atoms with Gasteiger partial charge in [0.25, 0.3) is 6.43 Å². The van der Waals surface area contributed by atoms with Crippen LogP contribution in [0.4, 0.5) is 13.2 Å². The van der Waals surface area contributed by atoms with Gasteiger partial charge >= 0.3 is 0 Å². The third kappa shape index (κ3) is 3.35. The Bertz CT molecular complexity index is 1310. The summed E-state index contributed by atoms with van der Waals surface area (Å²) in [6.45, 7) is 3.83. The fourth-order valence-electron chi connectivity index (χ4n) is 4.83. The molecule has 5 heterocycles. The van der Waals surface area contributed by atoms with E-state index in [9.17, 15) is 13.2 Å². The van der Waals surface area contributed by atoms with Crippen LogP contribution in [0.1, 0.15) is 55.0 Å². The number of likely N-dealkylation sites (tertiary alicyclic amines) is 1. The number of fused-ring (bicyclic) bond motifs is 2. The molecular formula is C23H23F3N6. The average Bonchev–Trinajstić information content (AvgIpc) is 3.41. The number of hydrogen-bond donors (Lipinski definition) is 0. The summed E-state index contributed by atoms with van der Waals surface area (Å²) in [5, 5.41) is 4.40. The monoisotopic (exact) mass is 440 g/mol. The van der Waals surface area contributed by atoms with Crippen molar-refractivity contribution < 1.29 is 13.2 Å². The van der Waals surface area contributed by atoms with Gasteiger partial charge in [0.1, 0.15) is 0 Å². The maximum atomic E-state index is 15.0. The van der Waals surface area contributed by atoms with Gasteiger partial charge in [0, 0.05) is 29.9 Å². The quantitative estimate of drug-likeness (QED) is 0.459. The summed E-state index contributed by atoms with van der Waals surface area (Å²) >= 11 is 0. The van der Waals surface area contributed by atoms with Gasteiger partial charge < -0.3 is 9.30 Å². The molecule has 6 rings (SSSR count). The van der Waals surface area contributed by atoms with E-state index in [0.29, 0.717) is 17.2 Å². The lowest BCUT2D eigenvalue weighted by atomic mass is 9.94. The Morgan fingerprint density at radius 3 is 2.47 bits per heavy atom. The van der Waals surface area contributed by atoms with Crippen molar-refractivity contribution in [1.29, 1.82) is 0 Å². The number of halogens is 3. The average molecular weight is 440 g/mol. The Balaban J connectivity index is 1.36. The van der Waals surface area contributed by atoms with E-state index >= 15 is 0 Å². The fraction of sp³-hybridized carbons (Fsp3) is 0.435. The highest BCUT2D eigenvalue weighted by atomic mass is 19.3. The van der Waals surface area contributed by atoms with Crippen molar-refractivity contribution in [3.63, 3.8) is 0 Å². The highest BCUT2D eigenvalue weighted by Gasteiger charge is 2.32. The second kappa shape index (κ2) is 7.30. The van der Waals surface area contributed by atoms with Gasteiger partial charge in [-0.25, -0.2) is 27.7 Å². The molecule has 4 aromatic heterocycles. The molecule has 1 aliphatic heterocycles. The van der Waals surface area contributed by atoms with Crippen molar-refractivity contribution >= 4 is 11.3 Å². The summed E-state index contributed by atoms with van der Waals surface area (Å²) in [6, 6.07) is 3.37. The van der Waals surface area contributed by atoms with Crippen LogP contribution in [-0.2, 0) is 0 Å². The van der Waals surface area contributed by atoms with Crippen LogP contribution in [0, 0.1) is 12.7 Å². The molecule has 2 fully saturated rings. The van der Waals surface area contributed by atoms with E-state index in [1.807, 2.05) is 6.20 Å². The lowest BCUT2D eigenvalue weighted by Gasteiger charge is -2.31. The van der Waals surface area contributed by atoms with Crippen molar-refractivity contribution in [3.05, 3.63) is 53.5 Å². The molecule has 0 radical (unpaired) electrons. The summed E-state index contributed by atoms with van der Waals surface area (Å²) in [6.07, 6.45) is 7.10. The molecule has 1 aliphatic carbocycles. The van der Waals surface area contributed by atoms with Crippen LogP contribution in [0.2, 0.25) is 0 Å². The number of pyridine rings is 1. The van der Waals surface area contributed by atoms with Gasteiger partial charge in [-0.3, -0.25) is 0 Å². The Morgan fingerprint density at radius 1 is 0.969 bits per heavy atom. The molecule has 2 aliphatic rings. The topological polar surface area (TPSA) is 50.7 Å². The minimum Gasteiger partial charge on any atom is -0.304 e. The van der Waals surface area contributed by atoms with E-state index in [4.69, 9.17) is 0 Å². The Labute approximate surface area is 182 Å². The molecule has 0 unspecified atom stereocenters. The number of nitrogens with zero attached hydrogens (tertiary/aromatic N) is 6. The molecule has 1 saturated heterocycles. The number of alkyl halides is 2. The van der Waals surface area contributed by atoms with Crippen molar-refractivity contribution in [2.75, 3.05) is 13.1 Å². The van der Waals surface area contributed by atoms with E-state index in [2.05, 4.69) is 20.0 Å². The maximum Gasteiger partial charge on any atom is 0.267 e. The number of piperidine rings is 1. The van der Waals surface area contributed by atoms with E-state index in [-0.39, 0.29) is 22.6 Å². The molecular weight excluding hydrogens is 417 g/mol. The fourth-order valence-corrected chi connectivity index (χ4v) is 4.83. The summed E-state index contributed by atoms with van der Waals surface area (Å²) in [7, 11) is 0. The maximum absolute atomic E-state index is 15.0. The molecule has 6 nitrogen and oxygen atoms in total. The molecule has 1 saturated carbocycles. The van der Waals surface area contributed by atoms with Crippen molar-refractivity contribution in [1.82, 2.24) is 28.9 Å². The van der Waals surface area contributed by atoms with Gasteiger partial charge in [-0.05, 0) is 57.8 Å². The van der Waals surface area contributed by atoms with Crippen LogP contribution in [0.3, 0.4) is 0 Å². The van der Waals surface area contributed by atoms with E-state index in [1.165, 1.54) is 29.5 Å². The normalized spacial score (nSPS) is 18.4. The zero-order valence-corrected chi connectivity index (χ0v) is 17.7. The van der Waals surface area contributed by atoms with Gasteiger partial charge in [-0.1, -0.05) is 0 Å². The van der Waals surface area contributed by atoms with Gasteiger partial charge in [-0.15, -0.1) is 0 Å². The van der Waals surface area contributed by atoms with Crippen LogP contribution < -0.4 is 0 Å². The molecule has 9 heteroatoms. The first-order valence-corrected chi connectivity index (χ1v) is 11.0. The number of hydrogen-bond acceptors (Lipinski definition) is 4. The number of rotatable bonds is 4. The molecule has 0 N–H and O–H groups in total. The first-order valence-electron chi connectivity index (χ1n) is 11.0. The van der Waals surface area contributed by atoms with Crippen molar-refractivity contribution in [3.8, 4) is 11.3 Å². The Kier molecular flexibility index (Phi) is 4.50. The zero-order chi connectivity index (χ0) is 22.0. The first-order chi connectivity index (χ1) is 15.5. The summed E-state index contributed by atoms with van der Waals surface area (Å²) < 4.78 is 45.3. The minimum atomic E-state index is -2.71. The molecule has 0 atom stereocenters. The van der Waals surface area contributed by atoms with Crippen LogP contribution in [0.25, 0.3) is 22.6 Å². The summed E-state index contributed by atoms with van der Waals surface area (Å²) in [5.41, 5.74) is 2.30. The van der Waals surface area contributed by atoms with Gasteiger partial charge in [0.15, 0.2) is 17.1 Å². The molecule has 0 amide bonds. The summed E-state index contributed by atoms with van der Waals surface area (Å²) in [4.78, 5) is 11.3.